The second-order valence-electron chi connectivity index (χ2n) is 11.6. The number of aromatic nitrogens is 2. The van der Waals surface area contributed by atoms with E-state index in [0.717, 1.165) is 57.9 Å². The molecule has 8 nitrogen and oxygen atoms in total. The summed E-state index contributed by atoms with van der Waals surface area (Å²) in [6.45, 7) is 8.13. The Morgan fingerprint density at radius 2 is 1.95 bits per heavy atom. The molecule has 1 unspecified atom stereocenters. The van der Waals surface area contributed by atoms with Crippen molar-refractivity contribution in [2.24, 2.45) is 0 Å². The summed E-state index contributed by atoms with van der Waals surface area (Å²) in [5.74, 6) is -0.436. The van der Waals surface area contributed by atoms with Crippen LogP contribution in [-0.4, -0.2) is 65.8 Å². The zero-order valence-electron chi connectivity index (χ0n) is 22.9. The molecule has 2 aromatic rings. The van der Waals surface area contributed by atoms with Crippen LogP contribution in [0.5, 0.6) is 6.01 Å². The third kappa shape index (κ3) is 4.77. The van der Waals surface area contributed by atoms with Gasteiger partial charge in [-0.05, 0) is 64.3 Å². The second kappa shape index (κ2) is 10.3. The number of alkyl halides is 3. The standard InChI is InChI=1S/C28H36F4N6O2/c1-16-11-19(33)24(29)22(23(16)28(30,31)32)21-12-20-18(14-39-21)25(38-10-7-34-13-17(38)2)36-26(35-20)40-15-27-5-3-8-37(27)9-4-6-27/h11,17,21,34H,3-10,12-15,33H2,1-2H3/t17-,21?/m0/s1. The lowest BCUT2D eigenvalue weighted by molar-refractivity contribution is -0.140. The third-order valence-corrected chi connectivity index (χ3v) is 9.04. The molecular formula is C28H36F4N6O2. The fourth-order valence-electron chi connectivity index (χ4n) is 7.06. The smallest absolute Gasteiger partial charge is 0.417 e. The maximum atomic E-state index is 15.3. The molecule has 2 atom stereocenters. The van der Waals surface area contributed by atoms with Crippen LogP contribution in [0.1, 0.15) is 66.7 Å². The van der Waals surface area contributed by atoms with Crippen LogP contribution >= 0.6 is 0 Å². The molecule has 0 aliphatic carbocycles. The number of rotatable bonds is 5. The topological polar surface area (TPSA) is 88.8 Å². The Morgan fingerprint density at radius 3 is 2.65 bits per heavy atom. The van der Waals surface area contributed by atoms with E-state index in [9.17, 15) is 13.2 Å². The highest BCUT2D eigenvalue weighted by molar-refractivity contribution is 5.55. The van der Waals surface area contributed by atoms with Gasteiger partial charge in [-0.1, -0.05) is 0 Å². The van der Waals surface area contributed by atoms with Crippen molar-refractivity contribution in [1.29, 1.82) is 0 Å². The number of piperazine rings is 1. The molecule has 12 heteroatoms. The number of ether oxygens (including phenoxy) is 2. The summed E-state index contributed by atoms with van der Waals surface area (Å²) in [6, 6.07) is 1.35. The van der Waals surface area contributed by atoms with Crippen LogP contribution in [-0.2, 0) is 23.9 Å². The van der Waals surface area contributed by atoms with Crippen LogP contribution in [0.15, 0.2) is 6.07 Å². The van der Waals surface area contributed by atoms with Gasteiger partial charge in [-0.2, -0.15) is 23.1 Å². The Morgan fingerprint density at radius 1 is 1.20 bits per heavy atom. The van der Waals surface area contributed by atoms with Crippen LogP contribution in [0.25, 0.3) is 0 Å². The highest BCUT2D eigenvalue weighted by atomic mass is 19.4. The van der Waals surface area contributed by atoms with E-state index >= 15 is 4.39 Å². The monoisotopic (exact) mass is 564 g/mol. The SMILES string of the molecule is Cc1cc(N)c(F)c(C2Cc3nc(OCC45CCCN4CCC5)nc(N4CCNC[C@@H]4C)c3CO2)c1C(F)(F)F. The van der Waals surface area contributed by atoms with Crippen molar-refractivity contribution in [1.82, 2.24) is 20.2 Å². The molecule has 4 aliphatic heterocycles. The van der Waals surface area contributed by atoms with Gasteiger partial charge in [0, 0.05) is 43.2 Å². The maximum Gasteiger partial charge on any atom is 0.417 e. The highest BCUT2D eigenvalue weighted by Crippen LogP contribution is 2.45. The van der Waals surface area contributed by atoms with Crippen LogP contribution in [0.4, 0.5) is 29.1 Å². The van der Waals surface area contributed by atoms with Crippen molar-refractivity contribution in [2.75, 3.05) is 50.0 Å². The minimum Gasteiger partial charge on any atom is -0.461 e. The zero-order chi connectivity index (χ0) is 28.2. The number of nitrogens with two attached hydrogens (primary N) is 1. The summed E-state index contributed by atoms with van der Waals surface area (Å²) in [6.07, 6.45) is -1.66. The van der Waals surface area contributed by atoms with E-state index in [1.54, 1.807) is 0 Å². The second-order valence-corrected chi connectivity index (χ2v) is 11.6. The van der Waals surface area contributed by atoms with Gasteiger partial charge in [-0.3, -0.25) is 4.90 Å². The molecule has 218 valence electrons. The Balaban J connectivity index is 1.38. The lowest BCUT2D eigenvalue weighted by Crippen LogP contribution is -2.50. The minimum atomic E-state index is -4.77. The Labute approximate surface area is 231 Å². The first-order valence-corrected chi connectivity index (χ1v) is 14.1. The largest absolute Gasteiger partial charge is 0.461 e. The van der Waals surface area contributed by atoms with Crippen molar-refractivity contribution < 1.29 is 27.0 Å². The summed E-state index contributed by atoms with van der Waals surface area (Å²) >= 11 is 0. The van der Waals surface area contributed by atoms with Gasteiger partial charge in [0.25, 0.3) is 0 Å². The first-order chi connectivity index (χ1) is 19.1. The minimum absolute atomic E-state index is 0.0166. The van der Waals surface area contributed by atoms with Gasteiger partial charge in [0.1, 0.15) is 12.4 Å². The molecular weight excluding hydrogens is 528 g/mol. The number of anilines is 2. The van der Waals surface area contributed by atoms with Gasteiger partial charge in [0.2, 0.25) is 0 Å². The van der Waals surface area contributed by atoms with Gasteiger partial charge < -0.3 is 25.4 Å². The maximum absolute atomic E-state index is 15.3. The van der Waals surface area contributed by atoms with Crippen molar-refractivity contribution in [3.63, 3.8) is 0 Å². The van der Waals surface area contributed by atoms with Gasteiger partial charge >= 0.3 is 12.2 Å². The summed E-state index contributed by atoms with van der Waals surface area (Å²) in [4.78, 5) is 14.2. The van der Waals surface area contributed by atoms with E-state index in [4.69, 9.17) is 25.2 Å². The number of halogens is 4. The number of nitrogen functional groups attached to an aromatic ring is 1. The molecule has 0 spiro atoms. The number of benzene rings is 1. The lowest BCUT2D eigenvalue weighted by Gasteiger charge is -2.38. The average Bonchev–Trinajstić information content (AvgIpc) is 3.49. The first kappa shape index (κ1) is 27.5. The van der Waals surface area contributed by atoms with Gasteiger partial charge in [-0.15, -0.1) is 0 Å². The fraction of sp³-hybridized carbons (Fsp3) is 0.643. The average molecular weight is 565 g/mol. The summed E-state index contributed by atoms with van der Waals surface area (Å²) < 4.78 is 69.9. The molecule has 6 rings (SSSR count). The van der Waals surface area contributed by atoms with Crippen LogP contribution in [0.2, 0.25) is 0 Å². The molecule has 3 N–H and O–H groups in total. The van der Waals surface area contributed by atoms with Crippen LogP contribution < -0.4 is 20.7 Å². The Bertz CT molecular complexity index is 1280. The number of hydrogen-bond donors (Lipinski definition) is 2. The van der Waals surface area contributed by atoms with E-state index in [1.165, 1.54) is 6.92 Å². The van der Waals surface area contributed by atoms with Gasteiger partial charge in [-0.25, -0.2) is 4.39 Å². The summed E-state index contributed by atoms with van der Waals surface area (Å²) in [5, 5.41) is 3.37. The molecule has 0 amide bonds. The molecule has 0 radical (unpaired) electrons. The Kier molecular flexibility index (Phi) is 7.07. The number of aryl methyl sites for hydroxylation is 1. The normalized spacial score (nSPS) is 24.7. The van der Waals surface area contributed by atoms with E-state index < -0.39 is 29.2 Å². The molecule has 1 aromatic carbocycles. The molecule has 1 aromatic heterocycles. The molecule has 0 saturated carbocycles. The third-order valence-electron chi connectivity index (χ3n) is 9.04. The molecule has 5 heterocycles. The predicted octanol–water partition coefficient (Wildman–Crippen LogP) is 4.14. The first-order valence-electron chi connectivity index (χ1n) is 14.1. The molecule has 3 saturated heterocycles. The van der Waals surface area contributed by atoms with Crippen LogP contribution in [0, 0.1) is 12.7 Å². The van der Waals surface area contributed by atoms with E-state index in [-0.39, 0.29) is 41.9 Å². The highest BCUT2D eigenvalue weighted by Gasteiger charge is 2.45. The van der Waals surface area contributed by atoms with E-state index in [0.29, 0.717) is 30.2 Å². The molecule has 40 heavy (non-hydrogen) atoms. The van der Waals surface area contributed by atoms with Crippen molar-refractivity contribution in [3.8, 4) is 6.01 Å². The van der Waals surface area contributed by atoms with Crippen molar-refractivity contribution in [3.05, 3.63) is 39.8 Å². The number of fused-ring (bicyclic) bond motifs is 2. The molecule has 3 fully saturated rings. The zero-order valence-corrected chi connectivity index (χ0v) is 22.9. The van der Waals surface area contributed by atoms with Crippen molar-refractivity contribution in [2.45, 2.75) is 76.4 Å². The number of nitrogens with zero attached hydrogens (tertiary/aromatic N) is 4. The van der Waals surface area contributed by atoms with Crippen LogP contribution in [0.3, 0.4) is 0 Å². The fourth-order valence-corrected chi connectivity index (χ4v) is 7.06. The number of hydrogen-bond acceptors (Lipinski definition) is 8. The predicted molar refractivity (Wildman–Crippen MR) is 142 cm³/mol. The van der Waals surface area contributed by atoms with E-state index in [1.807, 2.05) is 0 Å². The summed E-state index contributed by atoms with van der Waals surface area (Å²) in [5.41, 5.74) is 4.88. The number of nitrogens with one attached hydrogen (secondary N) is 1. The quantitative estimate of drug-likeness (QED) is 0.414. The van der Waals surface area contributed by atoms with Crippen molar-refractivity contribution >= 4 is 11.5 Å². The Hall–Kier alpha value is -2.70. The van der Waals surface area contributed by atoms with Gasteiger partial charge in [0.05, 0.1) is 35.2 Å². The summed E-state index contributed by atoms with van der Waals surface area (Å²) in [7, 11) is 0. The van der Waals surface area contributed by atoms with E-state index in [2.05, 4.69) is 22.0 Å². The lowest BCUT2D eigenvalue weighted by atomic mass is 9.91. The molecule has 0 bridgehead atoms. The van der Waals surface area contributed by atoms with Gasteiger partial charge in [0.15, 0.2) is 5.82 Å². The molecule has 4 aliphatic rings.